The first-order chi connectivity index (χ1) is 12.4. The number of halogens is 4. The second kappa shape index (κ2) is 8.12. The van der Waals surface area contributed by atoms with Gasteiger partial charge < -0.3 is 14.5 Å². The Kier molecular flexibility index (Phi) is 5.86. The number of furan rings is 1. The van der Waals surface area contributed by atoms with Crippen molar-refractivity contribution in [3.8, 4) is 5.75 Å². The minimum atomic E-state index is -0.568. The quantitative estimate of drug-likeness (QED) is 0.486. The molecule has 0 atom stereocenters. The van der Waals surface area contributed by atoms with Gasteiger partial charge in [-0.2, -0.15) is 0 Å². The molecule has 1 heterocycles. The molecule has 4 nitrogen and oxygen atoms in total. The summed E-state index contributed by atoms with van der Waals surface area (Å²) in [6, 6.07) is 12.3. The van der Waals surface area contributed by atoms with Crippen LogP contribution in [0.2, 0.25) is 10.0 Å². The monoisotopic (exact) mass is 457 g/mol. The largest absolute Gasteiger partial charge is 0.484 e. The number of hydrogen-bond donors (Lipinski definition) is 1. The Morgan fingerprint density at radius 3 is 2.69 bits per heavy atom. The van der Waals surface area contributed by atoms with Gasteiger partial charge >= 0.3 is 0 Å². The highest BCUT2D eigenvalue weighted by Gasteiger charge is 2.14. The van der Waals surface area contributed by atoms with Crippen LogP contribution in [0, 0.1) is 5.82 Å². The van der Waals surface area contributed by atoms with Gasteiger partial charge in [0.05, 0.1) is 10.7 Å². The van der Waals surface area contributed by atoms with Gasteiger partial charge in [0.15, 0.2) is 5.76 Å². The maximum Gasteiger partial charge on any atom is 0.291 e. The van der Waals surface area contributed by atoms with Crippen LogP contribution in [0.4, 0.5) is 10.1 Å². The Hall–Kier alpha value is -2.02. The van der Waals surface area contributed by atoms with Crippen molar-refractivity contribution in [2.75, 3.05) is 5.32 Å². The molecular formula is C18H11BrCl2FNO3. The normalized spacial score (nSPS) is 10.6. The van der Waals surface area contributed by atoms with Gasteiger partial charge in [-0.15, -0.1) is 0 Å². The van der Waals surface area contributed by atoms with Gasteiger partial charge in [0.2, 0.25) is 0 Å². The molecule has 0 radical (unpaired) electrons. The molecule has 0 bridgehead atoms. The Morgan fingerprint density at radius 1 is 1.15 bits per heavy atom. The van der Waals surface area contributed by atoms with Crippen LogP contribution in [-0.4, -0.2) is 5.91 Å². The van der Waals surface area contributed by atoms with Crippen LogP contribution >= 0.6 is 39.1 Å². The summed E-state index contributed by atoms with van der Waals surface area (Å²) < 4.78 is 25.3. The highest BCUT2D eigenvalue weighted by molar-refractivity contribution is 9.10. The maximum atomic E-state index is 13.8. The van der Waals surface area contributed by atoms with Crippen LogP contribution in [0.3, 0.4) is 0 Å². The highest BCUT2D eigenvalue weighted by Crippen LogP contribution is 2.28. The van der Waals surface area contributed by atoms with E-state index in [-0.39, 0.29) is 18.1 Å². The maximum absolute atomic E-state index is 13.8. The summed E-state index contributed by atoms with van der Waals surface area (Å²) in [6.07, 6.45) is 0. The molecule has 0 unspecified atom stereocenters. The lowest BCUT2D eigenvalue weighted by Gasteiger charge is -2.07. The number of hydrogen-bond acceptors (Lipinski definition) is 3. The van der Waals surface area contributed by atoms with E-state index in [1.54, 1.807) is 30.3 Å². The molecule has 0 saturated heterocycles. The molecule has 0 aliphatic carbocycles. The molecule has 2 aromatic carbocycles. The van der Waals surface area contributed by atoms with Crippen molar-refractivity contribution >= 4 is 50.7 Å². The Balaban J connectivity index is 1.64. The van der Waals surface area contributed by atoms with Crippen molar-refractivity contribution < 1.29 is 18.3 Å². The lowest BCUT2D eigenvalue weighted by Crippen LogP contribution is -2.12. The van der Waals surface area contributed by atoms with E-state index in [1.807, 2.05) is 0 Å². The Morgan fingerprint density at radius 2 is 1.96 bits per heavy atom. The molecular weight excluding hydrogens is 448 g/mol. The number of carbonyl (C=O) groups excluding carboxylic acids is 1. The van der Waals surface area contributed by atoms with E-state index in [9.17, 15) is 9.18 Å². The van der Waals surface area contributed by atoms with Crippen molar-refractivity contribution in [1.29, 1.82) is 0 Å². The topological polar surface area (TPSA) is 51.5 Å². The van der Waals surface area contributed by atoms with E-state index in [1.165, 1.54) is 18.2 Å². The van der Waals surface area contributed by atoms with Crippen LogP contribution in [0.1, 0.15) is 16.3 Å². The van der Waals surface area contributed by atoms with E-state index in [2.05, 4.69) is 21.2 Å². The molecule has 1 amide bonds. The van der Waals surface area contributed by atoms with Crippen molar-refractivity contribution in [2.24, 2.45) is 0 Å². The van der Waals surface area contributed by atoms with E-state index >= 15 is 0 Å². The standard InChI is InChI=1S/C18H11BrCl2FNO3/c19-10-1-4-15(14(22)7-10)23-18(24)17-6-3-12(26-17)9-25-16-5-2-11(20)8-13(16)21/h1-8H,9H2,(H,23,24). The van der Waals surface area contributed by atoms with E-state index in [0.717, 1.165) is 0 Å². The number of anilines is 1. The molecule has 0 fully saturated rings. The zero-order valence-electron chi connectivity index (χ0n) is 13.1. The SMILES string of the molecule is O=C(Nc1ccc(Br)cc1F)c1ccc(COc2ccc(Cl)cc2Cl)o1. The summed E-state index contributed by atoms with van der Waals surface area (Å²) in [5.74, 6) is -0.233. The highest BCUT2D eigenvalue weighted by atomic mass is 79.9. The summed E-state index contributed by atoms with van der Waals surface area (Å²) >= 11 is 15.0. The zero-order valence-corrected chi connectivity index (χ0v) is 16.2. The lowest BCUT2D eigenvalue weighted by atomic mass is 10.3. The van der Waals surface area contributed by atoms with E-state index in [4.69, 9.17) is 32.4 Å². The number of carbonyl (C=O) groups is 1. The van der Waals surface area contributed by atoms with Crippen molar-refractivity contribution in [2.45, 2.75) is 6.61 Å². The molecule has 0 saturated carbocycles. The average Bonchev–Trinajstić information content (AvgIpc) is 3.06. The average molecular weight is 459 g/mol. The summed E-state index contributed by atoms with van der Waals surface area (Å²) in [4.78, 5) is 12.2. The third-order valence-corrected chi connectivity index (χ3v) is 4.35. The van der Waals surface area contributed by atoms with E-state index < -0.39 is 11.7 Å². The number of rotatable bonds is 5. The molecule has 8 heteroatoms. The van der Waals surface area contributed by atoms with Crippen LogP contribution < -0.4 is 10.1 Å². The minimum Gasteiger partial charge on any atom is -0.484 e. The van der Waals surface area contributed by atoms with Gasteiger partial charge in [-0.3, -0.25) is 4.79 Å². The second-order valence-corrected chi connectivity index (χ2v) is 6.97. The predicted molar refractivity (Wildman–Crippen MR) is 102 cm³/mol. The second-order valence-electron chi connectivity index (χ2n) is 5.21. The molecule has 0 spiro atoms. The van der Waals surface area contributed by atoms with Crippen molar-refractivity contribution in [3.63, 3.8) is 0 Å². The van der Waals surface area contributed by atoms with Crippen LogP contribution in [0.15, 0.2) is 57.4 Å². The number of benzene rings is 2. The summed E-state index contributed by atoms with van der Waals surface area (Å²) in [7, 11) is 0. The van der Waals surface area contributed by atoms with Crippen LogP contribution in [-0.2, 0) is 6.61 Å². The minimum absolute atomic E-state index is 0.0353. The fraction of sp³-hybridized carbons (Fsp3) is 0.0556. The Labute approximate surface area is 167 Å². The van der Waals surface area contributed by atoms with Crippen LogP contribution in [0.5, 0.6) is 5.75 Å². The smallest absolute Gasteiger partial charge is 0.291 e. The first-order valence-corrected chi connectivity index (χ1v) is 8.90. The molecule has 134 valence electrons. The molecule has 3 rings (SSSR count). The van der Waals surface area contributed by atoms with Gasteiger partial charge in [0.25, 0.3) is 5.91 Å². The van der Waals surface area contributed by atoms with Crippen LogP contribution in [0.25, 0.3) is 0 Å². The van der Waals surface area contributed by atoms with E-state index in [0.29, 0.717) is 26.0 Å². The number of ether oxygens (including phenoxy) is 1. The molecule has 3 aromatic rings. The van der Waals surface area contributed by atoms with Gasteiger partial charge in [-0.1, -0.05) is 39.1 Å². The predicted octanol–water partition coefficient (Wildman–Crippen LogP) is 6.32. The molecule has 26 heavy (non-hydrogen) atoms. The first kappa shape index (κ1) is 18.8. The lowest BCUT2D eigenvalue weighted by molar-refractivity contribution is 0.0992. The Bertz CT molecular complexity index is 961. The summed E-state index contributed by atoms with van der Waals surface area (Å²) in [6.45, 7) is 0.0707. The summed E-state index contributed by atoms with van der Waals surface area (Å²) in [5.41, 5.74) is 0.0559. The van der Waals surface area contributed by atoms with Crippen molar-refractivity contribution in [1.82, 2.24) is 0 Å². The zero-order chi connectivity index (χ0) is 18.7. The third kappa shape index (κ3) is 4.58. The molecule has 1 N–H and O–H groups in total. The third-order valence-electron chi connectivity index (χ3n) is 3.33. The van der Waals surface area contributed by atoms with Crippen molar-refractivity contribution in [3.05, 3.63) is 80.4 Å². The molecule has 0 aliphatic rings. The van der Waals surface area contributed by atoms with Gasteiger partial charge in [-0.05, 0) is 48.5 Å². The van der Waals surface area contributed by atoms with Gasteiger partial charge in [0, 0.05) is 9.50 Å². The molecule has 0 aliphatic heterocycles. The fourth-order valence-corrected chi connectivity index (χ4v) is 2.89. The number of nitrogens with one attached hydrogen (secondary N) is 1. The number of amides is 1. The summed E-state index contributed by atoms with van der Waals surface area (Å²) in [5, 5.41) is 3.32. The fourth-order valence-electron chi connectivity index (χ4n) is 2.09. The van der Waals surface area contributed by atoms with Gasteiger partial charge in [0.1, 0.15) is 23.9 Å². The first-order valence-electron chi connectivity index (χ1n) is 7.35. The molecule has 1 aromatic heterocycles. The van der Waals surface area contributed by atoms with Gasteiger partial charge in [-0.25, -0.2) is 4.39 Å².